The largest absolute Gasteiger partial charge is 0.504 e. The van der Waals surface area contributed by atoms with Gasteiger partial charge in [0, 0.05) is 17.4 Å². The number of cyclic esters (lactones) is 1. The van der Waals surface area contributed by atoms with E-state index in [4.69, 9.17) is 21.1 Å². The van der Waals surface area contributed by atoms with Crippen molar-refractivity contribution in [2.45, 2.75) is 19.3 Å². The lowest BCUT2D eigenvalue weighted by Gasteiger charge is -2.32. The van der Waals surface area contributed by atoms with Gasteiger partial charge in [0.2, 0.25) is 5.91 Å². The molecule has 2 heterocycles. The molecule has 0 aliphatic carbocycles. The molecule has 2 aromatic rings. The number of carbonyl (C=O) groups is 2. The van der Waals surface area contributed by atoms with Crippen LogP contribution in [-0.4, -0.2) is 30.7 Å². The second kappa shape index (κ2) is 6.87. The molecule has 144 valence electrons. The van der Waals surface area contributed by atoms with E-state index in [1.165, 1.54) is 18.1 Å². The Kier molecular flexibility index (Phi) is 4.51. The number of hydrogen-bond acceptors (Lipinski definition) is 5. The fourth-order valence-electron chi connectivity index (χ4n) is 3.67. The lowest BCUT2D eigenvalue weighted by Crippen LogP contribution is -2.37. The Bertz CT molecular complexity index is 1030. The Labute approximate surface area is 166 Å². The predicted octanol–water partition coefficient (Wildman–Crippen LogP) is 3.69. The number of esters is 1. The molecule has 1 atom stereocenters. The summed E-state index contributed by atoms with van der Waals surface area (Å²) in [5.41, 5.74) is 3.18. The fraction of sp³-hybridized carbons (Fsp3) is 0.238. The van der Waals surface area contributed by atoms with Gasteiger partial charge in [-0.3, -0.25) is 9.69 Å². The molecule has 1 N–H and O–H groups in total. The standard InChI is InChI=1S/C21H18ClNO5/c1-11-3-5-13(8-15(11)22)23-16-10-28-21(26)20(16)14(9-19(23)25)12-4-6-17(24)18(7-12)27-2/h3-8,14,24H,9-10H2,1-2H3/t14-/m0/s1. The van der Waals surface area contributed by atoms with Gasteiger partial charge in [0.25, 0.3) is 0 Å². The van der Waals surface area contributed by atoms with E-state index in [0.717, 1.165) is 5.56 Å². The van der Waals surface area contributed by atoms with Crippen molar-refractivity contribution in [1.29, 1.82) is 0 Å². The third-order valence-corrected chi connectivity index (χ3v) is 5.54. The lowest BCUT2D eigenvalue weighted by molar-refractivity contribution is -0.136. The number of methoxy groups -OCH3 is 1. The van der Waals surface area contributed by atoms with E-state index in [2.05, 4.69) is 0 Å². The van der Waals surface area contributed by atoms with Crippen molar-refractivity contribution in [2.24, 2.45) is 0 Å². The first-order valence-electron chi connectivity index (χ1n) is 8.77. The normalized spacial score (nSPS) is 19.0. The quantitative estimate of drug-likeness (QED) is 0.796. The van der Waals surface area contributed by atoms with Crippen molar-refractivity contribution in [3.63, 3.8) is 0 Å². The zero-order valence-corrected chi connectivity index (χ0v) is 16.1. The minimum atomic E-state index is -0.468. The van der Waals surface area contributed by atoms with E-state index in [-0.39, 0.29) is 30.4 Å². The Balaban J connectivity index is 1.82. The second-order valence-corrected chi connectivity index (χ2v) is 7.19. The van der Waals surface area contributed by atoms with Crippen molar-refractivity contribution in [2.75, 3.05) is 18.6 Å². The minimum Gasteiger partial charge on any atom is -0.504 e. The number of amides is 1. The first-order valence-corrected chi connectivity index (χ1v) is 9.14. The average molecular weight is 400 g/mol. The Morgan fingerprint density at radius 3 is 2.71 bits per heavy atom. The van der Waals surface area contributed by atoms with Gasteiger partial charge < -0.3 is 14.6 Å². The molecule has 7 heteroatoms. The number of phenolic OH excluding ortho intramolecular Hbond substituents is 1. The minimum absolute atomic E-state index is 0.00693. The van der Waals surface area contributed by atoms with Gasteiger partial charge in [0.1, 0.15) is 6.61 Å². The molecule has 1 amide bonds. The molecule has 0 bridgehead atoms. The molecular formula is C21H18ClNO5. The third-order valence-electron chi connectivity index (χ3n) is 5.14. The van der Waals surface area contributed by atoms with Gasteiger partial charge in [-0.2, -0.15) is 0 Å². The van der Waals surface area contributed by atoms with Crippen LogP contribution < -0.4 is 9.64 Å². The SMILES string of the molecule is COc1cc([C@@H]2CC(=O)N(c3ccc(C)c(Cl)c3)C3=C2C(=O)OC3)ccc1O. The molecule has 2 aliphatic heterocycles. The van der Waals surface area contributed by atoms with Crippen LogP contribution in [0.3, 0.4) is 0 Å². The number of anilines is 1. The van der Waals surface area contributed by atoms with Gasteiger partial charge in [-0.25, -0.2) is 4.79 Å². The lowest BCUT2D eigenvalue weighted by atomic mass is 9.84. The number of ether oxygens (including phenoxy) is 2. The third kappa shape index (κ3) is 2.90. The Morgan fingerprint density at radius 1 is 1.21 bits per heavy atom. The number of nitrogens with zero attached hydrogens (tertiary/aromatic N) is 1. The number of aromatic hydroxyl groups is 1. The van der Waals surface area contributed by atoms with E-state index < -0.39 is 11.9 Å². The summed E-state index contributed by atoms with van der Waals surface area (Å²) in [5.74, 6) is -0.792. The molecule has 6 nitrogen and oxygen atoms in total. The molecule has 2 aromatic carbocycles. The maximum Gasteiger partial charge on any atom is 0.336 e. The topological polar surface area (TPSA) is 76.1 Å². The van der Waals surface area contributed by atoms with Crippen LogP contribution in [0, 0.1) is 6.92 Å². The highest BCUT2D eigenvalue weighted by Gasteiger charge is 2.43. The van der Waals surface area contributed by atoms with Gasteiger partial charge in [0.05, 0.1) is 24.1 Å². The van der Waals surface area contributed by atoms with Gasteiger partial charge in [-0.1, -0.05) is 23.7 Å². The maximum absolute atomic E-state index is 13.0. The van der Waals surface area contributed by atoms with Crippen LogP contribution in [0.25, 0.3) is 0 Å². The first kappa shape index (κ1) is 18.4. The van der Waals surface area contributed by atoms with Crippen LogP contribution in [0.15, 0.2) is 47.7 Å². The summed E-state index contributed by atoms with van der Waals surface area (Å²) in [7, 11) is 1.45. The van der Waals surface area contributed by atoms with E-state index in [1.54, 1.807) is 24.3 Å². The fourth-order valence-corrected chi connectivity index (χ4v) is 3.85. The van der Waals surface area contributed by atoms with Crippen LogP contribution in [0.2, 0.25) is 5.02 Å². The molecule has 2 aliphatic rings. The van der Waals surface area contributed by atoms with Crippen LogP contribution in [0.1, 0.15) is 23.5 Å². The molecule has 28 heavy (non-hydrogen) atoms. The molecule has 4 rings (SSSR count). The molecule has 0 unspecified atom stereocenters. The van der Waals surface area contributed by atoms with Gasteiger partial charge >= 0.3 is 5.97 Å². The van der Waals surface area contributed by atoms with Crippen molar-refractivity contribution >= 4 is 29.2 Å². The van der Waals surface area contributed by atoms with E-state index in [1.807, 2.05) is 13.0 Å². The van der Waals surface area contributed by atoms with E-state index in [9.17, 15) is 14.7 Å². The van der Waals surface area contributed by atoms with E-state index in [0.29, 0.717) is 27.5 Å². The van der Waals surface area contributed by atoms with Gasteiger partial charge in [-0.05, 0) is 42.3 Å². The molecular weight excluding hydrogens is 382 g/mol. The number of carbonyl (C=O) groups excluding carboxylic acids is 2. The summed E-state index contributed by atoms with van der Waals surface area (Å²) in [6.45, 7) is 1.91. The highest BCUT2D eigenvalue weighted by Crippen LogP contribution is 2.43. The highest BCUT2D eigenvalue weighted by molar-refractivity contribution is 6.31. The van der Waals surface area contributed by atoms with Crippen LogP contribution in [0.5, 0.6) is 11.5 Å². The monoisotopic (exact) mass is 399 g/mol. The van der Waals surface area contributed by atoms with Crippen molar-refractivity contribution in [3.05, 3.63) is 63.8 Å². The van der Waals surface area contributed by atoms with Crippen LogP contribution >= 0.6 is 11.6 Å². The van der Waals surface area contributed by atoms with Gasteiger partial charge in [-0.15, -0.1) is 0 Å². The number of benzene rings is 2. The molecule has 0 radical (unpaired) electrons. The molecule has 0 saturated heterocycles. The van der Waals surface area contributed by atoms with Gasteiger partial charge in [0.15, 0.2) is 11.5 Å². The number of rotatable bonds is 3. The highest BCUT2D eigenvalue weighted by atomic mass is 35.5. The van der Waals surface area contributed by atoms with Crippen molar-refractivity contribution in [1.82, 2.24) is 0 Å². The smallest absolute Gasteiger partial charge is 0.336 e. The summed E-state index contributed by atoms with van der Waals surface area (Å²) in [6, 6.07) is 10.2. The summed E-state index contributed by atoms with van der Waals surface area (Å²) in [4.78, 5) is 27.1. The average Bonchev–Trinajstić information content (AvgIpc) is 3.05. The molecule has 0 saturated carbocycles. The Morgan fingerprint density at radius 2 is 2.00 bits per heavy atom. The van der Waals surface area contributed by atoms with E-state index >= 15 is 0 Å². The van der Waals surface area contributed by atoms with Crippen molar-refractivity contribution in [3.8, 4) is 11.5 Å². The molecule has 0 fully saturated rings. The molecule has 0 spiro atoms. The Hall–Kier alpha value is -2.99. The summed E-state index contributed by atoms with van der Waals surface area (Å²) in [5, 5.41) is 10.4. The zero-order chi connectivity index (χ0) is 20.0. The van der Waals surface area contributed by atoms with Crippen molar-refractivity contribution < 1.29 is 24.2 Å². The zero-order valence-electron chi connectivity index (χ0n) is 15.4. The summed E-state index contributed by atoms with van der Waals surface area (Å²) >= 11 is 6.24. The maximum atomic E-state index is 13.0. The number of halogens is 1. The summed E-state index contributed by atoms with van der Waals surface area (Å²) < 4.78 is 10.4. The molecule has 0 aromatic heterocycles. The summed E-state index contributed by atoms with van der Waals surface area (Å²) in [6.07, 6.45) is 0.0906. The number of phenols is 1. The predicted molar refractivity (Wildman–Crippen MR) is 104 cm³/mol. The first-order chi connectivity index (χ1) is 13.4. The van der Waals surface area contributed by atoms with Crippen LogP contribution in [0.4, 0.5) is 5.69 Å². The number of aryl methyl sites for hydroxylation is 1. The second-order valence-electron chi connectivity index (χ2n) is 6.79. The van der Waals surface area contributed by atoms with Crippen LogP contribution in [-0.2, 0) is 14.3 Å². The number of hydrogen-bond donors (Lipinski definition) is 1.